The van der Waals surface area contributed by atoms with E-state index in [4.69, 9.17) is 4.74 Å². The maximum Gasteiger partial charge on any atom is 0.316 e. The van der Waals surface area contributed by atoms with Gasteiger partial charge in [-0.3, -0.25) is 9.59 Å². The highest BCUT2D eigenvalue weighted by atomic mass is 16.5. The van der Waals surface area contributed by atoms with E-state index in [1.165, 1.54) is 6.92 Å². The third kappa shape index (κ3) is 4.40. The van der Waals surface area contributed by atoms with Gasteiger partial charge in [0, 0.05) is 0 Å². The fraction of sp³-hybridized carbons (Fsp3) is 0.818. The molecule has 0 heterocycles. The lowest BCUT2D eigenvalue weighted by molar-refractivity contribution is -0.151. The standard InChI is InChI=1S/C11H20O3/c1-5-8(3)7-10(9(4)12)11(13)14-6-2/h8,10H,5-7H2,1-4H3/t8-,10-/m0/s1. The van der Waals surface area contributed by atoms with E-state index in [1.54, 1.807) is 6.92 Å². The van der Waals surface area contributed by atoms with Crippen LogP contribution in [0.5, 0.6) is 0 Å². The van der Waals surface area contributed by atoms with Gasteiger partial charge in [0.05, 0.1) is 6.61 Å². The van der Waals surface area contributed by atoms with Gasteiger partial charge in [-0.1, -0.05) is 20.3 Å². The number of carbonyl (C=O) groups excluding carboxylic acids is 2. The van der Waals surface area contributed by atoms with Crippen molar-refractivity contribution in [1.29, 1.82) is 0 Å². The first-order valence-corrected chi connectivity index (χ1v) is 5.19. The molecule has 2 atom stereocenters. The molecule has 0 saturated heterocycles. The normalized spacial score (nSPS) is 14.6. The number of ketones is 1. The van der Waals surface area contributed by atoms with Crippen LogP contribution in [0.15, 0.2) is 0 Å². The van der Waals surface area contributed by atoms with E-state index in [9.17, 15) is 9.59 Å². The smallest absolute Gasteiger partial charge is 0.316 e. The van der Waals surface area contributed by atoms with Gasteiger partial charge < -0.3 is 4.74 Å². The molecular weight excluding hydrogens is 180 g/mol. The average Bonchev–Trinajstić information content (AvgIpc) is 2.13. The predicted molar refractivity (Wildman–Crippen MR) is 54.9 cm³/mol. The summed E-state index contributed by atoms with van der Waals surface area (Å²) in [6, 6.07) is 0. The van der Waals surface area contributed by atoms with E-state index in [-0.39, 0.29) is 11.8 Å². The van der Waals surface area contributed by atoms with Gasteiger partial charge in [-0.15, -0.1) is 0 Å². The van der Waals surface area contributed by atoms with E-state index in [0.717, 1.165) is 6.42 Å². The molecule has 0 saturated carbocycles. The minimum atomic E-state index is -0.565. The molecule has 0 aromatic rings. The summed E-state index contributed by atoms with van der Waals surface area (Å²) in [4.78, 5) is 22.6. The summed E-state index contributed by atoms with van der Waals surface area (Å²) < 4.78 is 4.85. The third-order valence-corrected chi connectivity index (χ3v) is 2.40. The molecule has 0 N–H and O–H groups in total. The zero-order chi connectivity index (χ0) is 11.1. The Kier molecular flexibility index (Phi) is 6.17. The van der Waals surface area contributed by atoms with Crippen LogP contribution in [0.4, 0.5) is 0 Å². The van der Waals surface area contributed by atoms with Crippen molar-refractivity contribution in [1.82, 2.24) is 0 Å². The fourth-order valence-electron chi connectivity index (χ4n) is 1.24. The van der Waals surface area contributed by atoms with E-state index in [1.807, 2.05) is 13.8 Å². The zero-order valence-corrected chi connectivity index (χ0v) is 9.50. The Labute approximate surface area is 85.8 Å². The highest BCUT2D eigenvalue weighted by Gasteiger charge is 2.25. The lowest BCUT2D eigenvalue weighted by atomic mass is 9.91. The van der Waals surface area contributed by atoms with Gasteiger partial charge in [0.25, 0.3) is 0 Å². The third-order valence-electron chi connectivity index (χ3n) is 2.40. The van der Waals surface area contributed by atoms with Gasteiger partial charge in [0.2, 0.25) is 0 Å². The average molecular weight is 200 g/mol. The van der Waals surface area contributed by atoms with E-state index in [0.29, 0.717) is 18.9 Å². The van der Waals surface area contributed by atoms with Gasteiger partial charge in [-0.2, -0.15) is 0 Å². The van der Waals surface area contributed by atoms with Gasteiger partial charge in [-0.05, 0) is 26.2 Å². The quantitative estimate of drug-likeness (QED) is 0.487. The second-order valence-electron chi connectivity index (χ2n) is 3.66. The molecule has 0 amide bonds. The maximum absolute atomic E-state index is 11.4. The van der Waals surface area contributed by atoms with Crippen molar-refractivity contribution in [2.24, 2.45) is 11.8 Å². The van der Waals surface area contributed by atoms with Crippen molar-refractivity contribution in [2.45, 2.75) is 40.5 Å². The molecule has 0 spiro atoms. The number of hydrogen-bond donors (Lipinski definition) is 0. The zero-order valence-electron chi connectivity index (χ0n) is 9.50. The second kappa shape index (κ2) is 6.57. The van der Waals surface area contributed by atoms with Crippen molar-refractivity contribution in [3.8, 4) is 0 Å². The summed E-state index contributed by atoms with van der Waals surface area (Å²) >= 11 is 0. The summed E-state index contributed by atoms with van der Waals surface area (Å²) in [6.45, 7) is 7.62. The molecule has 0 fully saturated rings. The Morgan fingerprint density at radius 3 is 2.21 bits per heavy atom. The second-order valence-corrected chi connectivity index (χ2v) is 3.66. The summed E-state index contributed by atoms with van der Waals surface area (Å²) in [5.41, 5.74) is 0. The molecule has 0 aliphatic rings. The molecule has 0 aromatic carbocycles. The number of hydrogen-bond acceptors (Lipinski definition) is 3. The molecule has 0 rings (SSSR count). The minimum absolute atomic E-state index is 0.0937. The van der Waals surface area contributed by atoms with Crippen LogP contribution in [0.25, 0.3) is 0 Å². The van der Waals surface area contributed by atoms with Gasteiger partial charge >= 0.3 is 5.97 Å². The first-order chi connectivity index (χ1) is 6.52. The van der Waals surface area contributed by atoms with Crippen LogP contribution in [0.3, 0.4) is 0 Å². The molecule has 0 radical (unpaired) electrons. The molecule has 14 heavy (non-hydrogen) atoms. The predicted octanol–water partition coefficient (Wildman–Crippen LogP) is 2.19. The molecule has 0 unspecified atom stereocenters. The number of ether oxygens (including phenoxy) is 1. The lowest BCUT2D eigenvalue weighted by Gasteiger charge is -2.15. The Hall–Kier alpha value is -0.860. The Morgan fingerprint density at radius 1 is 1.29 bits per heavy atom. The highest BCUT2D eigenvalue weighted by molar-refractivity contribution is 5.97. The van der Waals surface area contributed by atoms with Gasteiger partial charge in [-0.25, -0.2) is 0 Å². The molecule has 3 nitrogen and oxygen atoms in total. The van der Waals surface area contributed by atoms with Crippen LogP contribution in [-0.2, 0) is 14.3 Å². The van der Waals surface area contributed by atoms with Crippen molar-refractivity contribution in [3.63, 3.8) is 0 Å². The van der Waals surface area contributed by atoms with Crippen LogP contribution in [-0.4, -0.2) is 18.4 Å². The summed E-state index contributed by atoms with van der Waals surface area (Å²) in [6.07, 6.45) is 1.58. The summed E-state index contributed by atoms with van der Waals surface area (Å²) in [5, 5.41) is 0. The maximum atomic E-state index is 11.4. The number of esters is 1. The SMILES string of the molecule is CCOC(=O)[C@@H](C[C@@H](C)CC)C(C)=O. The molecule has 82 valence electrons. The van der Waals surface area contributed by atoms with Crippen LogP contribution < -0.4 is 0 Å². The van der Waals surface area contributed by atoms with E-state index >= 15 is 0 Å². The van der Waals surface area contributed by atoms with E-state index < -0.39 is 5.92 Å². The topological polar surface area (TPSA) is 43.4 Å². The van der Waals surface area contributed by atoms with Crippen molar-refractivity contribution < 1.29 is 14.3 Å². The van der Waals surface area contributed by atoms with Crippen molar-refractivity contribution in [2.75, 3.05) is 6.61 Å². The van der Waals surface area contributed by atoms with Crippen LogP contribution in [0, 0.1) is 11.8 Å². The lowest BCUT2D eigenvalue weighted by Crippen LogP contribution is -2.26. The minimum Gasteiger partial charge on any atom is -0.465 e. The monoisotopic (exact) mass is 200 g/mol. The molecule has 0 aliphatic carbocycles. The number of Topliss-reactive ketones (excluding diaryl/α,β-unsaturated/α-hetero) is 1. The van der Waals surface area contributed by atoms with Gasteiger partial charge in [0.15, 0.2) is 0 Å². The first kappa shape index (κ1) is 13.1. The van der Waals surface area contributed by atoms with Crippen molar-refractivity contribution >= 4 is 11.8 Å². The Morgan fingerprint density at radius 2 is 1.86 bits per heavy atom. The molecular formula is C11H20O3. The Balaban J connectivity index is 4.29. The number of carbonyl (C=O) groups is 2. The first-order valence-electron chi connectivity index (χ1n) is 5.19. The molecule has 3 heteroatoms. The molecule has 0 aliphatic heterocycles. The van der Waals surface area contributed by atoms with E-state index in [2.05, 4.69) is 0 Å². The van der Waals surface area contributed by atoms with Crippen LogP contribution in [0.2, 0.25) is 0 Å². The largest absolute Gasteiger partial charge is 0.465 e. The Bertz CT molecular complexity index is 199. The highest BCUT2D eigenvalue weighted by Crippen LogP contribution is 2.17. The summed E-state index contributed by atoms with van der Waals surface area (Å²) in [7, 11) is 0. The van der Waals surface area contributed by atoms with Crippen LogP contribution in [0.1, 0.15) is 40.5 Å². The molecule has 0 aromatic heterocycles. The fourth-order valence-corrected chi connectivity index (χ4v) is 1.24. The summed E-state index contributed by atoms with van der Waals surface area (Å²) in [5.74, 6) is -0.651. The van der Waals surface area contributed by atoms with Crippen molar-refractivity contribution in [3.05, 3.63) is 0 Å². The molecule has 0 bridgehead atoms. The number of rotatable bonds is 6. The van der Waals surface area contributed by atoms with Gasteiger partial charge in [0.1, 0.15) is 11.7 Å². The van der Waals surface area contributed by atoms with Crippen LogP contribution >= 0.6 is 0 Å².